The zero-order valence-corrected chi connectivity index (χ0v) is 9.36. The molecular weight excluding hydrogens is 230 g/mol. The quantitative estimate of drug-likeness (QED) is 0.863. The average molecular weight is 244 g/mol. The Morgan fingerprint density at radius 1 is 1.69 bits per heavy atom. The molecule has 1 atom stereocenters. The third-order valence-corrected chi connectivity index (χ3v) is 3.36. The molecule has 2 nitrogen and oxygen atoms in total. The van der Waals surface area contributed by atoms with Gasteiger partial charge in [0.05, 0.1) is 4.47 Å². The molecule has 1 N–H and O–H groups in total. The van der Waals surface area contributed by atoms with E-state index in [2.05, 4.69) is 21.2 Å². The fourth-order valence-corrected chi connectivity index (χ4v) is 2.48. The van der Waals surface area contributed by atoms with Crippen LogP contribution in [0.4, 0.5) is 0 Å². The molecule has 72 valence electrons. The summed E-state index contributed by atoms with van der Waals surface area (Å²) >= 11 is 3.52. The lowest BCUT2D eigenvalue weighted by atomic mass is 9.88. The highest BCUT2D eigenvalue weighted by Gasteiger charge is 2.22. The molecule has 0 amide bonds. The van der Waals surface area contributed by atoms with E-state index in [1.165, 1.54) is 17.7 Å². The summed E-state index contributed by atoms with van der Waals surface area (Å²) < 4.78 is 6.59. The fourth-order valence-electron chi connectivity index (χ4n) is 2.01. The molecule has 1 aromatic heterocycles. The number of hydrogen-bond acceptors (Lipinski definition) is 2. The van der Waals surface area contributed by atoms with E-state index < -0.39 is 0 Å². The first-order valence-electron chi connectivity index (χ1n) is 4.70. The second-order valence-corrected chi connectivity index (χ2v) is 4.51. The van der Waals surface area contributed by atoms with Crippen molar-refractivity contribution in [2.75, 3.05) is 13.6 Å². The molecule has 0 spiro atoms. The molecule has 2 rings (SSSR count). The standard InChI is InChI=1S/C10H14BrNO/c1-12-5-7-2-3-10-8(4-7)9(11)6-13-10/h6-7,12H,2-5H2,1H3. The van der Waals surface area contributed by atoms with Crippen molar-refractivity contribution in [3.8, 4) is 0 Å². The van der Waals surface area contributed by atoms with E-state index in [1.54, 1.807) is 0 Å². The van der Waals surface area contributed by atoms with Crippen LogP contribution in [0.5, 0.6) is 0 Å². The molecule has 0 saturated carbocycles. The molecule has 1 aliphatic rings. The Morgan fingerprint density at radius 2 is 2.54 bits per heavy atom. The monoisotopic (exact) mass is 243 g/mol. The SMILES string of the molecule is CNCC1CCc2occ(Br)c2C1. The van der Waals surface area contributed by atoms with E-state index >= 15 is 0 Å². The molecule has 1 unspecified atom stereocenters. The molecule has 0 aromatic carbocycles. The number of fused-ring (bicyclic) bond motifs is 1. The maximum atomic E-state index is 5.45. The van der Waals surface area contributed by atoms with Crippen LogP contribution in [-0.4, -0.2) is 13.6 Å². The number of furan rings is 1. The smallest absolute Gasteiger partial charge is 0.108 e. The highest BCUT2D eigenvalue weighted by molar-refractivity contribution is 9.10. The van der Waals surface area contributed by atoms with Crippen molar-refractivity contribution in [1.29, 1.82) is 0 Å². The van der Waals surface area contributed by atoms with E-state index in [0.29, 0.717) is 0 Å². The van der Waals surface area contributed by atoms with Crippen molar-refractivity contribution < 1.29 is 4.42 Å². The van der Waals surface area contributed by atoms with Crippen LogP contribution in [0.25, 0.3) is 0 Å². The van der Waals surface area contributed by atoms with Crippen LogP contribution in [0.3, 0.4) is 0 Å². The molecule has 0 fully saturated rings. The summed E-state index contributed by atoms with van der Waals surface area (Å²) in [4.78, 5) is 0. The topological polar surface area (TPSA) is 25.2 Å². The van der Waals surface area contributed by atoms with Gasteiger partial charge >= 0.3 is 0 Å². The van der Waals surface area contributed by atoms with Gasteiger partial charge in [-0.1, -0.05) is 0 Å². The fraction of sp³-hybridized carbons (Fsp3) is 0.600. The lowest BCUT2D eigenvalue weighted by Crippen LogP contribution is -2.24. The predicted molar refractivity (Wildman–Crippen MR) is 55.8 cm³/mol. The molecule has 0 aliphatic heterocycles. The van der Waals surface area contributed by atoms with E-state index in [1.807, 2.05) is 13.3 Å². The average Bonchev–Trinajstić information content (AvgIpc) is 2.49. The van der Waals surface area contributed by atoms with Crippen molar-refractivity contribution in [1.82, 2.24) is 5.32 Å². The maximum Gasteiger partial charge on any atom is 0.108 e. The summed E-state index contributed by atoms with van der Waals surface area (Å²) in [5, 5.41) is 3.23. The van der Waals surface area contributed by atoms with E-state index in [0.717, 1.165) is 29.8 Å². The lowest BCUT2D eigenvalue weighted by Gasteiger charge is -2.20. The molecule has 1 aliphatic carbocycles. The first-order valence-corrected chi connectivity index (χ1v) is 5.50. The van der Waals surface area contributed by atoms with Gasteiger partial charge in [-0.15, -0.1) is 0 Å². The maximum absolute atomic E-state index is 5.45. The molecular formula is C10H14BrNO. The van der Waals surface area contributed by atoms with Gasteiger partial charge in [-0.05, 0) is 48.3 Å². The van der Waals surface area contributed by atoms with Crippen LogP contribution in [0, 0.1) is 5.92 Å². The van der Waals surface area contributed by atoms with Crippen molar-refractivity contribution in [2.24, 2.45) is 5.92 Å². The summed E-state index contributed by atoms with van der Waals surface area (Å²) in [6, 6.07) is 0. The zero-order valence-electron chi connectivity index (χ0n) is 7.77. The van der Waals surface area contributed by atoms with Gasteiger partial charge in [0.25, 0.3) is 0 Å². The Kier molecular flexibility index (Phi) is 2.74. The van der Waals surface area contributed by atoms with E-state index in [-0.39, 0.29) is 0 Å². The van der Waals surface area contributed by atoms with Gasteiger partial charge in [-0.3, -0.25) is 0 Å². The van der Waals surface area contributed by atoms with Crippen molar-refractivity contribution in [3.63, 3.8) is 0 Å². The van der Waals surface area contributed by atoms with Crippen LogP contribution in [0.1, 0.15) is 17.7 Å². The summed E-state index contributed by atoms with van der Waals surface area (Å²) in [5.41, 5.74) is 1.38. The first-order chi connectivity index (χ1) is 6.31. The minimum atomic E-state index is 0.770. The molecule has 1 heterocycles. The van der Waals surface area contributed by atoms with Crippen molar-refractivity contribution >= 4 is 15.9 Å². The summed E-state index contributed by atoms with van der Waals surface area (Å²) in [6.07, 6.45) is 5.29. The Balaban J connectivity index is 2.13. The highest BCUT2D eigenvalue weighted by Crippen LogP contribution is 2.32. The molecule has 1 aromatic rings. The van der Waals surface area contributed by atoms with Crippen molar-refractivity contribution in [2.45, 2.75) is 19.3 Å². The normalized spacial score (nSPS) is 21.5. The first kappa shape index (κ1) is 9.28. The summed E-state index contributed by atoms with van der Waals surface area (Å²) in [7, 11) is 2.01. The summed E-state index contributed by atoms with van der Waals surface area (Å²) in [6.45, 7) is 1.11. The number of aryl methyl sites for hydroxylation is 1. The van der Waals surface area contributed by atoms with Gasteiger partial charge in [-0.25, -0.2) is 0 Å². The predicted octanol–water partition coefficient (Wildman–Crippen LogP) is 2.37. The zero-order chi connectivity index (χ0) is 9.26. The van der Waals surface area contributed by atoms with Crippen LogP contribution in [0.15, 0.2) is 15.2 Å². The Morgan fingerprint density at radius 3 is 3.31 bits per heavy atom. The minimum absolute atomic E-state index is 0.770. The van der Waals surface area contributed by atoms with Gasteiger partial charge in [0.15, 0.2) is 0 Å². The number of hydrogen-bond donors (Lipinski definition) is 1. The van der Waals surface area contributed by atoms with Gasteiger partial charge < -0.3 is 9.73 Å². The lowest BCUT2D eigenvalue weighted by molar-refractivity contribution is 0.395. The van der Waals surface area contributed by atoms with E-state index in [4.69, 9.17) is 4.42 Å². The molecule has 0 bridgehead atoms. The van der Waals surface area contributed by atoms with Crippen LogP contribution in [-0.2, 0) is 12.8 Å². The van der Waals surface area contributed by atoms with Crippen LogP contribution >= 0.6 is 15.9 Å². The second kappa shape index (κ2) is 3.84. The van der Waals surface area contributed by atoms with Crippen LogP contribution < -0.4 is 5.32 Å². The molecule has 0 saturated heterocycles. The van der Waals surface area contributed by atoms with Gasteiger partial charge in [0, 0.05) is 12.0 Å². The third-order valence-electron chi connectivity index (χ3n) is 2.69. The van der Waals surface area contributed by atoms with Gasteiger partial charge in [0.2, 0.25) is 0 Å². The Labute approximate surface area is 86.8 Å². The van der Waals surface area contributed by atoms with Gasteiger partial charge in [-0.2, -0.15) is 0 Å². The van der Waals surface area contributed by atoms with E-state index in [9.17, 15) is 0 Å². The largest absolute Gasteiger partial charge is 0.468 e. The second-order valence-electron chi connectivity index (χ2n) is 3.65. The molecule has 13 heavy (non-hydrogen) atoms. The molecule has 3 heteroatoms. The Bertz CT molecular complexity index is 295. The minimum Gasteiger partial charge on any atom is -0.468 e. The number of rotatable bonds is 2. The van der Waals surface area contributed by atoms with Gasteiger partial charge in [0.1, 0.15) is 12.0 Å². The number of nitrogens with one attached hydrogen (secondary N) is 1. The van der Waals surface area contributed by atoms with Crippen LogP contribution in [0.2, 0.25) is 0 Å². The molecule has 0 radical (unpaired) electrons. The summed E-state index contributed by atoms with van der Waals surface area (Å²) in [5.74, 6) is 1.95. The van der Waals surface area contributed by atoms with Crippen molar-refractivity contribution in [3.05, 3.63) is 22.1 Å². The Hall–Kier alpha value is -0.280. The highest BCUT2D eigenvalue weighted by atomic mass is 79.9. The number of halogens is 1. The third kappa shape index (κ3) is 1.81.